The van der Waals surface area contributed by atoms with Crippen LogP contribution in [-0.2, 0) is 0 Å². The number of halogens is 1. The van der Waals surface area contributed by atoms with Crippen LogP contribution in [0.25, 0.3) is 0 Å². The fraction of sp³-hybridized carbons (Fsp3) is 0.533. The van der Waals surface area contributed by atoms with E-state index < -0.39 is 0 Å². The molecule has 19 heavy (non-hydrogen) atoms. The number of nitrogens with two attached hydrogens (primary N) is 1. The van der Waals surface area contributed by atoms with Gasteiger partial charge >= 0.3 is 0 Å². The van der Waals surface area contributed by atoms with E-state index in [1.807, 2.05) is 0 Å². The highest BCUT2D eigenvalue weighted by atomic mass is 127. The predicted octanol–water partition coefficient (Wildman–Crippen LogP) is 3.84. The summed E-state index contributed by atoms with van der Waals surface area (Å²) in [5.41, 5.74) is 9.80. The summed E-state index contributed by atoms with van der Waals surface area (Å²) in [5, 5.41) is 3.17. The van der Waals surface area contributed by atoms with Crippen LogP contribution in [0.3, 0.4) is 0 Å². The van der Waals surface area contributed by atoms with Gasteiger partial charge in [-0.25, -0.2) is 0 Å². The van der Waals surface area contributed by atoms with E-state index in [9.17, 15) is 0 Å². The van der Waals surface area contributed by atoms with Crippen molar-refractivity contribution >= 4 is 35.6 Å². The SMILES string of the molecule is Cc1cc(C)cc(NC(N)=NCC2(C)CCC2)c1.I. The Kier molecular flexibility index (Phi) is 5.64. The molecule has 3 N–H and O–H groups in total. The molecule has 0 aromatic heterocycles. The van der Waals surface area contributed by atoms with E-state index in [0.29, 0.717) is 11.4 Å². The van der Waals surface area contributed by atoms with Crippen LogP contribution >= 0.6 is 24.0 Å². The molecule has 0 spiro atoms. The van der Waals surface area contributed by atoms with E-state index in [1.54, 1.807) is 0 Å². The molecule has 0 radical (unpaired) electrons. The highest BCUT2D eigenvalue weighted by Gasteiger charge is 2.31. The highest BCUT2D eigenvalue weighted by molar-refractivity contribution is 14.0. The molecule has 1 aromatic rings. The number of hydrogen-bond donors (Lipinski definition) is 2. The lowest BCUT2D eigenvalue weighted by molar-refractivity contribution is 0.174. The zero-order valence-corrected chi connectivity index (χ0v) is 14.3. The normalized spacial score (nSPS) is 17.3. The Bertz CT molecular complexity index is 444. The Labute approximate surface area is 133 Å². The van der Waals surface area contributed by atoms with Gasteiger partial charge in [0, 0.05) is 12.2 Å². The summed E-state index contributed by atoms with van der Waals surface area (Å²) in [6, 6.07) is 6.31. The molecule has 106 valence electrons. The van der Waals surface area contributed by atoms with E-state index in [-0.39, 0.29) is 24.0 Å². The van der Waals surface area contributed by atoms with Gasteiger partial charge in [-0.05, 0) is 55.4 Å². The second kappa shape index (κ2) is 6.59. The average molecular weight is 373 g/mol. The summed E-state index contributed by atoms with van der Waals surface area (Å²) < 4.78 is 0. The number of nitrogens with one attached hydrogen (secondary N) is 1. The van der Waals surface area contributed by atoms with Crippen LogP contribution in [-0.4, -0.2) is 12.5 Å². The number of nitrogens with zero attached hydrogens (tertiary/aromatic N) is 1. The Hall–Kier alpha value is -0.780. The average Bonchev–Trinajstić information content (AvgIpc) is 2.22. The Morgan fingerprint density at radius 3 is 2.32 bits per heavy atom. The van der Waals surface area contributed by atoms with Crippen molar-refractivity contribution in [1.29, 1.82) is 0 Å². The van der Waals surface area contributed by atoms with E-state index in [2.05, 4.69) is 49.3 Å². The molecule has 3 nitrogen and oxygen atoms in total. The first-order valence-electron chi connectivity index (χ1n) is 6.62. The lowest BCUT2D eigenvalue weighted by Gasteiger charge is -2.36. The molecular formula is C15H24IN3. The van der Waals surface area contributed by atoms with Crippen LogP contribution in [0.4, 0.5) is 5.69 Å². The largest absolute Gasteiger partial charge is 0.370 e. The Morgan fingerprint density at radius 1 is 1.26 bits per heavy atom. The quantitative estimate of drug-likeness (QED) is 0.481. The van der Waals surface area contributed by atoms with Crippen molar-refractivity contribution in [2.24, 2.45) is 16.1 Å². The molecule has 0 saturated heterocycles. The number of aryl methyl sites for hydroxylation is 2. The van der Waals surface area contributed by atoms with Gasteiger partial charge in [-0.1, -0.05) is 19.4 Å². The summed E-state index contributed by atoms with van der Waals surface area (Å²) in [4.78, 5) is 4.46. The van der Waals surface area contributed by atoms with Gasteiger partial charge in [0.15, 0.2) is 5.96 Å². The molecule has 1 aliphatic carbocycles. The number of rotatable bonds is 3. The number of aliphatic imine (C=N–C) groups is 1. The minimum absolute atomic E-state index is 0. The molecule has 1 aliphatic rings. The molecule has 1 saturated carbocycles. The molecule has 2 rings (SSSR count). The maximum atomic E-state index is 5.93. The fourth-order valence-corrected chi connectivity index (χ4v) is 2.45. The van der Waals surface area contributed by atoms with Gasteiger partial charge in [-0.2, -0.15) is 0 Å². The maximum absolute atomic E-state index is 5.93. The summed E-state index contributed by atoms with van der Waals surface area (Å²) >= 11 is 0. The van der Waals surface area contributed by atoms with E-state index in [1.165, 1.54) is 30.4 Å². The molecule has 1 fully saturated rings. The van der Waals surface area contributed by atoms with Crippen molar-refractivity contribution in [3.8, 4) is 0 Å². The summed E-state index contributed by atoms with van der Waals surface area (Å²) in [5.74, 6) is 0.521. The number of anilines is 1. The fourth-order valence-electron chi connectivity index (χ4n) is 2.45. The summed E-state index contributed by atoms with van der Waals surface area (Å²) in [6.45, 7) is 7.28. The minimum Gasteiger partial charge on any atom is -0.370 e. The van der Waals surface area contributed by atoms with E-state index >= 15 is 0 Å². The monoisotopic (exact) mass is 373 g/mol. The molecule has 0 aliphatic heterocycles. The van der Waals surface area contributed by atoms with Crippen LogP contribution in [0.2, 0.25) is 0 Å². The third-order valence-electron chi connectivity index (χ3n) is 3.69. The Balaban J connectivity index is 0.00000180. The van der Waals surface area contributed by atoms with Crippen molar-refractivity contribution in [1.82, 2.24) is 0 Å². The standard InChI is InChI=1S/C15H23N3.HI/c1-11-7-12(2)9-13(8-11)18-14(16)17-10-15(3)5-4-6-15;/h7-9H,4-6,10H2,1-3H3,(H3,16,17,18);1H. The molecule has 0 heterocycles. The van der Waals surface area contributed by atoms with Gasteiger partial charge in [0.1, 0.15) is 0 Å². The van der Waals surface area contributed by atoms with Crippen molar-refractivity contribution in [3.63, 3.8) is 0 Å². The first-order valence-corrected chi connectivity index (χ1v) is 6.62. The van der Waals surface area contributed by atoms with Gasteiger partial charge in [0.2, 0.25) is 0 Å². The van der Waals surface area contributed by atoms with Crippen LogP contribution in [0.1, 0.15) is 37.3 Å². The topological polar surface area (TPSA) is 50.4 Å². The molecule has 1 aromatic carbocycles. The first kappa shape index (κ1) is 16.3. The number of guanidine groups is 1. The van der Waals surface area contributed by atoms with Gasteiger partial charge in [-0.3, -0.25) is 4.99 Å². The summed E-state index contributed by atoms with van der Waals surface area (Å²) in [6.07, 6.45) is 3.87. The van der Waals surface area contributed by atoms with Crippen LogP contribution in [0.15, 0.2) is 23.2 Å². The third-order valence-corrected chi connectivity index (χ3v) is 3.69. The van der Waals surface area contributed by atoms with Gasteiger partial charge in [0.05, 0.1) is 0 Å². The van der Waals surface area contributed by atoms with Gasteiger partial charge in [-0.15, -0.1) is 24.0 Å². The maximum Gasteiger partial charge on any atom is 0.193 e. The minimum atomic E-state index is 0. The summed E-state index contributed by atoms with van der Waals surface area (Å²) in [7, 11) is 0. The molecule has 0 bridgehead atoms. The number of hydrogen-bond acceptors (Lipinski definition) is 1. The van der Waals surface area contributed by atoms with E-state index in [0.717, 1.165) is 12.2 Å². The predicted molar refractivity (Wildman–Crippen MR) is 93.4 cm³/mol. The molecule has 0 amide bonds. The third kappa shape index (κ3) is 4.67. The zero-order valence-electron chi connectivity index (χ0n) is 12.0. The molecule has 4 heteroatoms. The molecular weight excluding hydrogens is 349 g/mol. The smallest absolute Gasteiger partial charge is 0.193 e. The first-order chi connectivity index (χ1) is 8.47. The van der Waals surface area contributed by atoms with Crippen molar-refractivity contribution in [2.75, 3.05) is 11.9 Å². The van der Waals surface area contributed by atoms with Crippen LogP contribution in [0.5, 0.6) is 0 Å². The van der Waals surface area contributed by atoms with Crippen molar-refractivity contribution < 1.29 is 0 Å². The van der Waals surface area contributed by atoms with Gasteiger partial charge < -0.3 is 11.1 Å². The highest BCUT2D eigenvalue weighted by Crippen LogP contribution is 2.40. The Morgan fingerprint density at radius 2 is 1.84 bits per heavy atom. The van der Waals surface area contributed by atoms with E-state index in [4.69, 9.17) is 5.73 Å². The van der Waals surface area contributed by atoms with Crippen LogP contribution < -0.4 is 11.1 Å². The molecule has 0 atom stereocenters. The molecule has 0 unspecified atom stereocenters. The van der Waals surface area contributed by atoms with Gasteiger partial charge in [0.25, 0.3) is 0 Å². The number of benzene rings is 1. The lowest BCUT2D eigenvalue weighted by atomic mass is 9.71. The zero-order chi connectivity index (χ0) is 13.2. The second-order valence-electron chi connectivity index (χ2n) is 5.87. The second-order valence-corrected chi connectivity index (χ2v) is 5.87. The van der Waals surface area contributed by atoms with Crippen molar-refractivity contribution in [2.45, 2.75) is 40.0 Å². The van der Waals surface area contributed by atoms with Crippen molar-refractivity contribution in [3.05, 3.63) is 29.3 Å². The van der Waals surface area contributed by atoms with Crippen LogP contribution in [0, 0.1) is 19.3 Å². The lowest BCUT2D eigenvalue weighted by Crippen LogP contribution is -2.31.